The van der Waals surface area contributed by atoms with Crippen LogP contribution in [0.15, 0.2) is 51.2 Å². The van der Waals surface area contributed by atoms with Crippen molar-refractivity contribution in [3.63, 3.8) is 0 Å². The molecule has 2 aromatic rings. The zero-order chi connectivity index (χ0) is 18.8. The molecule has 1 heterocycles. The van der Waals surface area contributed by atoms with Gasteiger partial charge in [0.25, 0.3) is 0 Å². The quantitative estimate of drug-likeness (QED) is 0.475. The van der Waals surface area contributed by atoms with Crippen molar-refractivity contribution in [3.8, 4) is 0 Å². The van der Waals surface area contributed by atoms with Crippen molar-refractivity contribution in [2.75, 3.05) is 18.0 Å². The zero-order valence-corrected chi connectivity index (χ0v) is 16.4. The lowest BCUT2D eigenvalue weighted by atomic mass is 10.1. The Morgan fingerprint density at radius 2 is 1.80 bits per heavy atom. The molecule has 0 saturated heterocycles. The molecule has 2 rings (SSSR count). The van der Waals surface area contributed by atoms with Crippen LogP contribution in [0.3, 0.4) is 0 Å². The van der Waals surface area contributed by atoms with Crippen molar-refractivity contribution < 1.29 is 4.42 Å². The fourth-order valence-corrected chi connectivity index (χ4v) is 2.63. The summed E-state index contributed by atoms with van der Waals surface area (Å²) in [6, 6.07) is 7.93. The van der Waals surface area contributed by atoms with Gasteiger partial charge in [0.2, 0.25) is 0 Å². The summed E-state index contributed by atoms with van der Waals surface area (Å²) in [5, 5.41) is 0.943. The van der Waals surface area contributed by atoms with Crippen molar-refractivity contribution in [1.82, 2.24) is 0 Å². The molecule has 0 fully saturated rings. The van der Waals surface area contributed by atoms with E-state index in [-0.39, 0.29) is 5.63 Å². The minimum atomic E-state index is -0.294. The van der Waals surface area contributed by atoms with Gasteiger partial charge in [0, 0.05) is 30.2 Å². The number of rotatable bonds is 6. The summed E-state index contributed by atoms with van der Waals surface area (Å²) in [6.07, 6.45) is 6.80. The Bertz CT molecular complexity index is 780. The number of hydrogen-bond donors (Lipinski definition) is 0. The van der Waals surface area contributed by atoms with Crippen LogP contribution in [0.4, 0.5) is 5.69 Å². The van der Waals surface area contributed by atoms with Crippen molar-refractivity contribution in [1.29, 1.82) is 0 Å². The third-order valence-electron chi connectivity index (χ3n) is 4.13. The average molecular weight is 341 g/mol. The molecule has 0 spiro atoms. The second kappa shape index (κ2) is 10.5. The molecule has 0 aliphatic heterocycles. The summed E-state index contributed by atoms with van der Waals surface area (Å²) in [7, 11) is 0. The van der Waals surface area contributed by atoms with Crippen LogP contribution >= 0.6 is 0 Å². The minimum Gasteiger partial charge on any atom is -0.422 e. The molecule has 136 valence electrons. The van der Waals surface area contributed by atoms with Gasteiger partial charge >= 0.3 is 5.63 Å². The Morgan fingerprint density at radius 3 is 2.36 bits per heavy atom. The molecule has 0 atom stereocenters. The molecule has 0 aliphatic rings. The molecule has 0 amide bonds. The molecular weight excluding hydrogens is 310 g/mol. The van der Waals surface area contributed by atoms with Gasteiger partial charge in [-0.3, -0.25) is 0 Å². The summed E-state index contributed by atoms with van der Waals surface area (Å²) in [5.41, 5.74) is 3.20. The standard InChI is InChI=1S/C20H25NO2.C2H6/c1-5-15(6-2)9-10-17-13-16-11-12-18(21(7-3)8-4)14-19(16)23-20(17)22;1-2/h5,9-14H,6-8H2,1-4H3;1-2H3/b10-9+,15-5+;. The van der Waals surface area contributed by atoms with E-state index in [4.69, 9.17) is 4.42 Å². The third kappa shape index (κ3) is 5.35. The van der Waals surface area contributed by atoms with Crippen molar-refractivity contribution in [2.45, 2.75) is 48.0 Å². The Hall–Kier alpha value is -2.29. The van der Waals surface area contributed by atoms with Gasteiger partial charge in [-0.25, -0.2) is 4.79 Å². The highest BCUT2D eigenvalue weighted by Gasteiger charge is 2.07. The van der Waals surface area contributed by atoms with Crippen LogP contribution in [0.1, 0.15) is 53.5 Å². The predicted molar refractivity (Wildman–Crippen MR) is 110 cm³/mol. The highest BCUT2D eigenvalue weighted by molar-refractivity contribution is 5.82. The zero-order valence-electron chi connectivity index (χ0n) is 16.4. The van der Waals surface area contributed by atoms with E-state index in [1.807, 2.05) is 51.1 Å². The van der Waals surface area contributed by atoms with Crippen molar-refractivity contribution >= 4 is 22.7 Å². The van der Waals surface area contributed by atoms with Crippen LogP contribution < -0.4 is 10.5 Å². The van der Waals surface area contributed by atoms with Gasteiger partial charge in [0.15, 0.2) is 0 Å². The molecule has 3 heteroatoms. The molecule has 0 saturated carbocycles. The summed E-state index contributed by atoms with van der Waals surface area (Å²) in [5.74, 6) is 0. The molecule has 0 unspecified atom stereocenters. The second-order valence-corrected chi connectivity index (χ2v) is 5.43. The van der Waals surface area contributed by atoms with E-state index >= 15 is 0 Å². The number of anilines is 1. The first-order valence-corrected chi connectivity index (χ1v) is 9.29. The maximum absolute atomic E-state index is 12.2. The van der Waals surface area contributed by atoms with Crippen LogP contribution in [0.25, 0.3) is 17.0 Å². The first kappa shape index (κ1) is 20.8. The van der Waals surface area contributed by atoms with E-state index < -0.39 is 0 Å². The second-order valence-electron chi connectivity index (χ2n) is 5.43. The lowest BCUT2D eigenvalue weighted by Gasteiger charge is -2.20. The predicted octanol–water partition coefficient (Wildman–Crippen LogP) is 6.03. The van der Waals surface area contributed by atoms with Crippen LogP contribution in [-0.2, 0) is 0 Å². The molecule has 0 radical (unpaired) electrons. The highest BCUT2D eigenvalue weighted by Crippen LogP contribution is 2.22. The smallest absolute Gasteiger partial charge is 0.343 e. The lowest BCUT2D eigenvalue weighted by molar-refractivity contribution is 0.559. The van der Waals surface area contributed by atoms with E-state index in [1.54, 1.807) is 0 Å². The van der Waals surface area contributed by atoms with Gasteiger partial charge in [-0.1, -0.05) is 38.5 Å². The minimum absolute atomic E-state index is 0.294. The van der Waals surface area contributed by atoms with E-state index in [0.717, 1.165) is 30.6 Å². The van der Waals surface area contributed by atoms with Crippen molar-refractivity contribution in [3.05, 3.63) is 58.0 Å². The van der Waals surface area contributed by atoms with E-state index in [9.17, 15) is 4.79 Å². The van der Waals surface area contributed by atoms with Gasteiger partial charge < -0.3 is 9.32 Å². The molecular formula is C22H31NO2. The Labute approximate surface area is 151 Å². The fourth-order valence-electron chi connectivity index (χ4n) is 2.63. The number of nitrogens with zero attached hydrogens (tertiary/aromatic N) is 1. The van der Waals surface area contributed by atoms with Crippen LogP contribution in [0.5, 0.6) is 0 Å². The molecule has 1 aromatic heterocycles. The number of benzene rings is 1. The maximum Gasteiger partial charge on any atom is 0.343 e. The van der Waals surface area contributed by atoms with Gasteiger partial charge in [0.05, 0.1) is 5.56 Å². The summed E-state index contributed by atoms with van der Waals surface area (Å²) in [6.45, 7) is 14.2. The molecule has 0 aliphatic carbocycles. The number of allylic oxidation sites excluding steroid dienone is 3. The van der Waals surface area contributed by atoms with Crippen LogP contribution in [-0.4, -0.2) is 13.1 Å². The van der Waals surface area contributed by atoms with E-state index in [2.05, 4.69) is 37.8 Å². The third-order valence-corrected chi connectivity index (χ3v) is 4.13. The molecule has 3 nitrogen and oxygen atoms in total. The molecule has 1 aromatic carbocycles. The SMILES string of the molecule is C/C=C(/C=C/c1cc2ccc(N(CC)CC)cc2oc1=O)CC.CC. The largest absolute Gasteiger partial charge is 0.422 e. The first-order valence-electron chi connectivity index (χ1n) is 9.29. The Balaban J connectivity index is 0.00000151. The van der Waals surface area contributed by atoms with Gasteiger partial charge in [-0.15, -0.1) is 0 Å². The Kier molecular flexibility index (Phi) is 8.76. The fraction of sp³-hybridized carbons (Fsp3) is 0.409. The molecule has 0 bridgehead atoms. The van der Waals surface area contributed by atoms with E-state index in [0.29, 0.717) is 11.1 Å². The van der Waals surface area contributed by atoms with Gasteiger partial charge in [0.1, 0.15) is 5.58 Å². The van der Waals surface area contributed by atoms with Crippen LogP contribution in [0, 0.1) is 0 Å². The number of hydrogen-bond acceptors (Lipinski definition) is 3. The number of fused-ring (bicyclic) bond motifs is 1. The average Bonchev–Trinajstić information content (AvgIpc) is 2.65. The lowest BCUT2D eigenvalue weighted by Crippen LogP contribution is -2.21. The summed E-state index contributed by atoms with van der Waals surface area (Å²) < 4.78 is 5.52. The summed E-state index contributed by atoms with van der Waals surface area (Å²) >= 11 is 0. The van der Waals surface area contributed by atoms with Crippen molar-refractivity contribution in [2.24, 2.45) is 0 Å². The highest BCUT2D eigenvalue weighted by atomic mass is 16.4. The monoisotopic (exact) mass is 341 g/mol. The van der Waals surface area contributed by atoms with Gasteiger partial charge in [-0.2, -0.15) is 0 Å². The van der Waals surface area contributed by atoms with E-state index in [1.165, 1.54) is 5.57 Å². The Morgan fingerprint density at radius 1 is 1.12 bits per heavy atom. The maximum atomic E-state index is 12.2. The molecule has 25 heavy (non-hydrogen) atoms. The summed E-state index contributed by atoms with van der Waals surface area (Å²) in [4.78, 5) is 14.4. The van der Waals surface area contributed by atoms with Crippen LogP contribution in [0.2, 0.25) is 0 Å². The normalized spacial score (nSPS) is 11.5. The molecule has 0 N–H and O–H groups in total. The van der Waals surface area contributed by atoms with Gasteiger partial charge in [-0.05, 0) is 51.5 Å². The topological polar surface area (TPSA) is 33.5 Å². The first-order chi connectivity index (χ1) is 12.1.